The number of hydrogen-bond donors (Lipinski definition) is 1. The molecule has 0 amide bonds. The second-order valence-electron chi connectivity index (χ2n) is 5.27. The van der Waals surface area contributed by atoms with E-state index in [9.17, 15) is 9.18 Å². The van der Waals surface area contributed by atoms with Crippen molar-refractivity contribution in [3.8, 4) is 17.1 Å². The summed E-state index contributed by atoms with van der Waals surface area (Å²) >= 11 is 5.95. The van der Waals surface area contributed by atoms with Crippen LogP contribution in [0.3, 0.4) is 0 Å². The third-order valence-corrected chi connectivity index (χ3v) is 3.86. The molecule has 9 heteroatoms. The number of nitrogens with zero attached hydrogens (tertiary/aromatic N) is 3. The van der Waals surface area contributed by atoms with Crippen LogP contribution in [0.5, 0.6) is 5.75 Å². The van der Waals surface area contributed by atoms with Crippen LogP contribution in [0.25, 0.3) is 11.4 Å². The highest BCUT2D eigenvalue weighted by Crippen LogP contribution is 2.30. The van der Waals surface area contributed by atoms with Crippen molar-refractivity contribution in [3.63, 3.8) is 0 Å². The summed E-state index contributed by atoms with van der Waals surface area (Å²) in [6.45, 7) is 0. The lowest BCUT2D eigenvalue weighted by atomic mass is 10.2. The molecule has 0 atom stereocenters. The smallest absolute Gasteiger partial charge is 0.341 e. The Morgan fingerprint density at radius 3 is 2.78 bits per heavy atom. The van der Waals surface area contributed by atoms with Crippen molar-refractivity contribution >= 4 is 29.1 Å². The third kappa shape index (κ3) is 3.95. The minimum absolute atomic E-state index is 0.104. The molecule has 0 saturated heterocycles. The van der Waals surface area contributed by atoms with Crippen molar-refractivity contribution in [2.45, 2.75) is 0 Å². The van der Waals surface area contributed by atoms with Gasteiger partial charge in [0.25, 0.3) is 0 Å². The molecule has 27 heavy (non-hydrogen) atoms. The number of anilines is 2. The van der Waals surface area contributed by atoms with E-state index in [2.05, 4.69) is 20.3 Å². The Morgan fingerprint density at radius 1 is 1.22 bits per heavy atom. The summed E-state index contributed by atoms with van der Waals surface area (Å²) in [5.41, 5.74) is 0.735. The maximum atomic E-state index is 14.2. The normalized spacial score (nSPS) is 10.4. The Morgan fingerprint density at radius 2 is 2.04 bits per heavy atom. The number of pyridine rings is 1. The number of benzene rings is 1. The lowest BCUT2D eigenvalue weighted by molar-refractivity contribution is 0.0601. The van der Waals surface area contributed by atoms with E-state index in [-0.39, 0.29) is 22.8 Å². The molecule has 138 valence electrons. The molecule has 2 aromatic heterocycles. The van der Waals surface area contributed by atoms with Gasteiger partial charge in [-0.05, 0) is 24.3 Å². The maximum Gasteiger partial charge on any atom is 0.341 e. The molecule has 1 N–H and O–H groups in total. The molecule has 1 aromatic carbocycles. The van der Waals surface area contributed by atoms with E-state index in [1.807, 2.05) is 0 Å². The number of methoxy groups -OCH3 is 2. The number of nitrogens with one attached hydrogen (secondary N) is 1. The topological polar surface area (TPSA) is 86.2 Å². The van der Waals surface area contributed by atoms with E-state index in [0.717, 1.165) is 0 Å². The van der Waals surface area contributed by atoms with Gasteiger partial charge < -0.3 is 14.8 Å². The molecule has 0 aliphatic rings. The second kappa shape index (κ2) is 7.96. The minimum atomic E-state index is -0.570. The van der Waals surface area contributed by atoms with Crippen LogP contribution >= 0.6 is 11.6 Å². The molecule has 0 spiro atoms. The van der Waals surface area contributed by atoms with Crippen molar-refractivity contribution in [1.82, 2.24) is 15.0 Å². The number of rotatable bonds is 5. The summed E-state index contributed by atoms with van der Waals surface area (Å²) in [6.07, 6.45) is 4.25. The number of carbonyl (C=O) groups is 1. The van der Waals surface area contributed by atoms with Crippen molar-refractivity contribution in [2.75, 3.05) is 19.5 Å². The van der Waals surface area contributed by atoms with Crippen LogP contribution < -0.4 is 10.1 Å². The highest BCUT2D eigenvalue weighted by molar-refractivity contribution is 6.30. The number of hydrogen-bond acceptors (Lipinski definition) is 7. The summed E-state index contributed by atoms with van der Waals surface area (Å²) < 4.78 is 24.1. The van der Waals surface area contributed by atoms with Crippen LogP contribution in [-0.4, -0.2) is 35.1 Å². The average molecular weight is 389 g/mol. The van der Waals surface area contributed by atoms with Crippen molar-refractivity contribution in [1.29, 1.82) is 0 Å². The van der Waals surface area contributed by atoms with Crippen LogP contribution in [-0.2, 0) is 4.74 Å². The van der Waals surface area contributed by atoms with Gasteiger partial charge >= 0.3 is 5.97 Å². The molecule has 0 fully saturated rings. The quantitative estimate of drug-likeness (QED) is 0.664. The number of carbonyl (C=O) groups excluding carboxylic acids is 1. The summed E-state index contributed by atoms with van der Waals surface area (Å²) in [7, 11) is 2.71. The first-order valence-electron chi connectivity index (χ1n) is 7.69. The van der Waals surface area contributed by atoms with Gasteiger partial charge in [0.1, 0.15) is 11.4 Å². The first-order chi connectivity index (χ1) is 13.0. The van der Waals surface area contributed by atoms with Crippen LogP contribution in [0.15, 0.2) is 42.9 Å². The van der Waals surface area contributed by atoms with E-state index in [4.69, 9.17) is 21.1 Å². The molecule has 0 bridgehead atoms. The average Bonchev–Trinajstić information content (AvgIpc) is 2.69. The number of ether oxygens (including phenoxy) is 2. The van der Waals surface area contributed by atoms with Crippen LogP contribution in [0.2, 0.25) is 5.02 Å². The molecule has 0 aliphatic carbocycles. The summed E-state index contributed by atoms with van der Waals surface area (Å²) in [5.74, 6) is -0.451. The summed E-state index contributed by atoms with van der Waals surface area (Å²) in [4.78, 5) is 24.3. The minimum Gasteiger partial charge on any atom is -0.491 e. The van der Waals surface area contributed by atoms with Gasteiger partial charge in [-0.2, -0.15) is 0 Å². The summed E-state index contributed by atoms with van der Waals surface area (Å²) in [5, 5.41) is 3.33. The Hall–Kier alpha value is -3.26. The van der Waals surface area contributed by atoms with E-state index < -0.39 is 11.8 Å². The Kier molecular flexibility index (Phi) is 5.46. The van der Waals surface area contributed by atoms with Crippen LogP contribution in [0, 0.1) is 5.82 Å². The monoisotopic (exact) mass is 388 g/mol. The van der Waals surface area contributed by atoms with Gasteiger partial charge in [0.05, 0.1) is 31.7 Å². The van der Waals surface area contributed by atoms with Crippen molar-refractivity contribution < 1.29 is 18.7 Å². The Balaban J connectivity index is 2.06. The Bertz CT molecular complexity index is 1000. The fourth-order valence-electron chi connectivity index (χ4n) is 2.31. The van der Waals surface area contributed by atoms with Gasteiger partial charge in [0, 0.05) is 17.4 Å². The zero-order valence-electron chi connectivity index (χ0n) is 14.4. The predicted molar refractivity (Wildman–Crippen MR) is 97.8 cm³/mol. The summed E-state index contributed by atoms with van der Waals surface area (Å²) in [6, 6.07) is 5.67. The lowest BCUT2D eigenvalue weighted by Gasteiger charge is -2.13. The zero-order chi connectivity index (χ0) is 19.4. The molecule has 2 heterocycles. The highest BCUT2D eigenvalue weighted by Gasteiger charge is 2.17. The van der Waals surface area contributed by atoms with Crippen molar-refractivity contribution in [3.05, 3.63) is 59.3 Å². The zero-order valence-corrected chi connectivity index (χ0v) is 15.1. The first kappa shape index (κ1) is 18.5. The van der Waals surface area contributed by atoms with E-state index in [1.165, 1.54) is 51.0 Å². The molecule has 3 rings (SSSR count). The molecule has 0 aliphatic heterocycles. The standard InChI is InChI=1S/C18H14ClFN4O3/c1-26-15-9-22-16(11-7-10(19)3-4-13(11)20)24-17(15)23-14-5-6-21-8-12(14)18(25)27-2/h3-9H,1-2H3,(H,21,22,23,24). The first-order valence-corrected chi connectivity index (χ1v) is 8.07. The predicted octanol–water partition coefficient (Wildman–Crippen LogP) is 3.87. The van der Waals surface area contributed by atoms with Gasteiger partial charge in [-0.1, -0.05) is 11.6 Å². The SMILES string of the molecule is COC(=O)c1cnccc1Nc1nc(-c2cc(Cl)ccc2F)ncc1OC. The fraction of sp³-hybridized carbons (Fsp3) is 0.111. The molecule has 3 aromatic rings. The Labute approximate surface area is 159 Å². The third-order valence-electron chi connectivity index (χ3n) is 3.62. The largest absolute Gasteiger partial charge is 0.491 e. The van der Waals surface area contributed by atoms with Gasteiger partial charge in [-0.15, -0.1) is 0 Å². The molecular formula is C18H14ClFN4O3. The van der Waals surface area contributed by atoms with Crippen LogP contribution in [0.4, 0.5) is 15.9 Å². The molecular weight excluding hydrogens is 375 g/mol. The molecule has 0 saturated carbocycles. The van der Waals surface area contributed by atoms with Gasteiger partial charge in [-0.3, -0.25) is 4.98 Å². The second-order valence-corrected chi connectivity index (χ2v) is 5.71. The maximum absolute atomic E-state index is 14.2. The van der Waals surface area contributed by atoms with Crippen molar-refractivity contribution in [2.24, 2.45) is 0 Å². The number of esters is 1. The van der Waals surface area contributed by atoms with E-state index in [1.54, 1.807) is 6.07 Å². The molecule has 7 nitrogen and oxygen atoms in total. The van der Waals surface area contributed by atoms with E-state index >= 15 is 0 Å². The highest BCUT2D eigenvalue weighted by atomic mass is 35.5. The van der Waals surface area contributed by atoms with Gasteiger partial charge in [-0.25, -0.2) is 19.2 Å². The lowest BCUT2D eigenvalue weighted by Crippen LogP contribution is -2.08. The fourth-order valence-corrected chi connectivity index (χ4v) is 2.48. The van der Waals surface area contributed by atoms with Gasteiger partial charge in [0.15, 0.2) is 17.4 Å². The van der Waals surface area contributed by atoms with Crippen LogP contribution in [0.1, 0.15) is 10.4 Å². The number of halogens is 2. The number of aromatic nitrogens is 3. The van der Waals surface area contributed by atoms with E-state index in [0.29, 0.717) is 16.5 Å². The van der Waals surface area contributed by atoms with Gasteiger partial charge in [0.2, 0.25) is 0 Å². The molecule has 0 radical (unpaired) electrons. The molecule has 0 unspecified atom stereocenters.